The summed E-state index contributed by atoms with van der Waals surface area (Å²) in [7, 11) is 1.89. The lowest BCUT2D eigenvalue weighted by atomic mass is 10.1. The standard InChI is InChI=1S/C8H16N2S2/c1-8(2)6-12-5-4-10(8)7(11)9-3/h4-6H2,1-3H3,(H,9,11). The van der Waals surface area contributed by atoms with Crippen LogP contribution < -0.4 is 5.32 Å². The van der Waals surface area contributed by atoms with Crippen LogP contribution >= 0.6 is 24.0 Å². The minimum absolute atomic E-state index is 0.211. The molecule has 0 aromatic carbocycles. The molecule has 0 aromatic heterocycles. The Labute approximate surface area is 84.1 Å². The van der Waals surface area contributed by atoms with Gasteiger partial charge in [-0.15, -0.1) is 0 Å². The Morgan fingerprint density at radius 3 is 2.75 bits per heavy atom. The summed E-state index contributed by atoms with van der Waals surface area (Å²) in [5, 5.41) is 3.91. The van der Waals surface area contributed by atoms with Gasteiger partial charge in [0.15, 0.2) is 5.11 Å². The number of hydrogen-bond donors (Lipinski definition) is 1. The van der Waals surface area contributed by atoms with Crippen LogP contribution in [0, 0.1) is 0 Å². The molecule has 1 heterocycles. The van der Waals surface area contributed by atoms with Crippen LogP contribution in [0.4, 0.5) is 0 Å². The van der Waals surface area contributed by atoms with E-state index < -0.39 is 0 Å². The second kappa shape index (κ2) is 3.83. The molecule has 1 saturated heterocycles. The van der Waals surface area contributed by atoms with Gasteiger partial charge < -0.3 is 10.2 Å². The zero-order valence-corrected chi connectivity index (χ0v) is 9.52. The first-order valence-electron chi connectivity index (χ1n) is 4.15. The first kappa shape index (κ1) is 10.1. The van der Waals surface area contributed by atoms with Crippen LogP contribution in [0.5, 0.6) is 0 Å². The third-order valence-corrected chi connectivity index (χ3v) is 3.91. The minimum atomic E-state index is 0.211. The van der Waals surface area contributed by atoms with Crippen LogP contribution in [0.1, 0.15) is 13.8 Å². The number of nitrogens with zero attached hydrogens (tertiary/aromatic N) is 1. The molecule has 0 bridgehead atoms. The van der Waals surface area contributed by atoms with Crippen molar-refractivity contribution in [3.63, 3.8) is 0 Å². The molecule has 0 amide bonds. The molecular weight excluding hydrogens is 188 g/mol. The molecule has 1 aliphatic rings. The van der Waals surface area contributed by atoms with Crippen LogP contribution in [0.3, 0.4) is 0 Å². The molecule has 0 unspecified atom stereocenters. The lowest BCUT2D eigenvalue weighted by Crippen LogP contribution is -2.55. The molecule has 1 aliphatic heterocycles. The van der Waals surface area contributed by atoms with Crippen molar-refractivity contribution in [3.8, 4) is 0 Å². The van der Waals surface area contributed by atoms with E-state index >= 15 is 0 Å². The summed E-state index contributed by atoms with van der Waals surface area (Å²) in [6.45, 7) is 5.54. The van der Waals surface area contributed by atoms with Crippen LogP contribution in [0.15, 0.2) is 0 Å². The first-order chi connectivity index (χ1) is 5.58. The van der Waals surface area contributed by atoms with E-state index in [0.29, 0.717) is 0 Å². The van der Waals surface area contributed by atoms with Gasteiger partial charge in [-0.05, 0) is 26.1 Å². The van der Waals surface area contributed by atoms with Crippen molar-refractivity contribution in [2.24, 2.45) is 0 Å². The Kier molecular flexibility index (Phi) is 3.23. The number of nitrogens with one attached hydrogen (secondary N) is 1. The Morgan fingerprint density at radius 2 is 2.25 bits per heavy atom. The van der Waals surface area contributed by atoms with Crippen molar-refractivity contribution < 1.29 is 0 Å². The Hall–Kier alpha value is 0.0400. The summed E-state index contributed by atoms with van der Waals surface area (Å²) < 4.78 is 0. The molecule has 1 fully saturated rings. The van der Waals surface area contributed by atoms with E-state index in [1.165, 1.54) is 5.75 Å². The molecule has 1 rings (SSSR count). The average molecular weight is 204 g/mol. The van der Waals surface area contributed by atoms with Gasteiger partial charge in [-0.3, -0.25) is 0 Å². The molecule has 12 heavy (non-hydrogen) atoms. The molecule has 0 radical (unpaired) electrons. The summed E-state index contributed by atoms with van der Waals surface area (Å²) in [6.07, 6.45) is 0. The van der Waals surface area contributed by atoms with Gasteiger partial charge in [0.05, 0.1) is 0 Å². The predicted molar refractivity (Wildman–Crippen MR) is 59.8 cm³/mol. The van der Waals surface area contributed by atoms with Gasteiger partial charge in [0.25, 0.3) is 0 Å². The Balaban J connectivity index is 2.66. The molecule has 4 heteroatoms. The quantitative estimate of drug-likeness (QED) is 0.598. The third-order valence-electron chi connectivity index (χ3n) is 2.10. The Morgan fingerprint density at radius 1 is 1.58 bits per heavy atom. The summed E-state index contributed by atoms with van der Waals surface area (Å²) in [6, 6.07) is 0. The zero-order valence-electron chi connectivity index (χ0n) is 7.89. The maximum atomic E-state index is 5.23. The van der Waals surface area contributed by atoms with Gasteiger partial charge in [-0.1, -0.05) is 0 Å². The normalized spacial score (nSPS) is 22.1. The van der Waals surface area contributed by atoms with E-state index in [-0.39, 0.29) is 5.54 Å². The van der Waals surface area contributed by atoms with Crippen molar-refractivity contribution in [3.05, 3.63) is 0 Å². The van der Waals surface area contributed by atoms with E-state index in [1.807, 2.05) is 18.8 Å². The predicted octanol–water partition coefficient (Wildman–Crippen LogP) is 1.32. The highest BCUT2D eigenvalue weighted by Crippen LogP contribution is 2.25. The van der Waals surface area contributed by atoms with Gasteiger partial charge in [0.1, 0.15) is 0 Å². The second-order valence-electron chi connectivity index (χ2n) is 3.57. The largest absolute Gasteiger partial charge is 0.366 e. The molecule has 0 aromatic rings. The molecule has 2 nitrogen and oxygen atoms in total. The van der Waals surface area contributed by atoms with Gasteiger partial charge in [0.2, 0.25) is 0 Å². The summed E-state index contributed by atoms with van der Waals surface area (Å²) in [5.41, 5.74) is 0.211. The van der Waals surface area contributed by atoms with Crippen LogP contribution in [-0.4, -0.2) is 40.6 Å². The number of thiocarbonyl (C=S) groups is 1. The molecule has 0 atom stereocenters. The lowest BCUT2D eigenvalue weighted by molar-refractivity contribution is 0.245. The van der Waals surface area contributed by atoms with Gasteiger partial charge >= 0.3 is 0 Å². The zero-order chi connectivity index (χ0) is 9.19. The summed E-state index contributed by atoms with van der Waals surface area (Å²) in [5.74, 6) is 2.35. The fraction of sp³-hybridized carbons (Fsp3) is 0.875. The van der Waals surface area contributed by atoms with Crippen molar-refractivity contribution in [1.82, 2.24) is 10.2 Å². The van der Waals surface area contributed by atoms with Crippen LogP contribution in [-0.2, 0) is 0 Å². The number of thioether (sulfide) groups is 1. The monoisotopic (exact) mass is 204 g/mol. The van der Waals surface area contributed by atoms with E-state index in [4.69, 9.17) is 12.2 Å². The first-order valence-corrected chi connectivity index (χ1v) is 5.71. The molecule has 0 aliphatic carbocycles. The van der Waals surface area contributed by atoms with Crippen LogP contribution in [0.2, 0.25) is 0 Å². The van der Waals surface area contributed by atoms with Crippen molar-refractivity contribution in [2.45, 2.75) is 19.4 Å². The van der Waals surface area contributed by atoms with Crippen LogP contribution in [0.25, 0.3) is 0 Å². The van der Waals surface area contributed by atoms with Gasteiger partial charge in [0, 0.05) is 30.6 Å². The summed E-state index contributed by atoms with van der Waals surface area (Å²) >= 11 is 7.23. The number of rotatable bonds is 0. The fourth-order valence-electron chi connectivity index (χ4n) is 1.37. The minimum Gasteiger partial charge on any atom is -0.366 e. The van der Waals surface area contributed by atoms with Crippen molar-refractivity contribution >= 4 is 29.1 Å². The second-order valence-corrected chi connectivity index (χ2v) is 5.06. The average Bonchev–Trinajstić information content (AvgIpc) is 2.02. The molecule has 70 valence electrons. The van der Waals surface area contributed by atoms with Crippen molar-refractivity contribution in [1.29, 1.82) is 0 Å². The van der Waals surface area contributed by atoms with Crippen molar-refractivity contribution in [2.75, 3.05) is 25.1 Å². The van der Waals surface area contributed by atoms with E-state index in [9.17, 15) is 0 Å². The maximum absolute atomic E-state index is 5.23. The molecular formula is C8H16N2S2. The highest BCUT2D eigenvalue weighted by molar-refractivity contribution is 7.99. The van der Waals surface area contributed by atoms with E-state index in [0.717, 1.165) is 17.4 Å². The maximum Gasteiger partial charge on any atom is 0.169 e. The fourth-order valence-corrected chi connectivity index (χ4v) is 2.82. The Bertz CT molecular complexity index is 180. The van der Waals surface area contributed by atoms with E-state index in [1.54, 1.807) is 0 Å². The lowest BCUT2D eigenvalue weighted by Gasteiger charge is -2.43. The van der Waals surface area contributed by atoms with Gasteiger partial charge in [-0.25, -0.2) is 0 Å². The van der Waals surface area contributed by atoms with Gasteiger partial charge in [-0.2, -0.15) is 11.8 Å². The SMILES string of the molecule is CNC(=S)N1CCSCC1(C)C. The topological polar surface area (TPSA) is 15.3 Å². The smallest absolute Gasteiger partial charge is 0.169 e. The molecule has 1 N–H and O–H groups in total. The highest BCUT2D eigenvalue weighted by Gasteiger charge is 2.31. The summed E-state index contributed by atoms with van der Waals surface area (Å²) in [4.78, 5) is 2.28. The number of hydrogen-bond acceptors (Lipinski definition) is 2. The third kappa shape index (κ3) is 2.04. The molecule has 0 spiro atoms. The van der Waals surface area contributed by atoms with E-state index in [2.05, 4.69) is 24.1 Å². The molecule has 0 saturated carbocycles. The highest BCUT2D eigenvalue weighted by atomic mass is 32.2.